The minimum atomic E-state index is -1.71. The first-order valence-corrected chi connectivity index (χ1v) is 9.77. The number of carbonyl (C=O) groups is 4. The van der Waals surface area contributed by atoms with Crippen LogP contribution in [0.15, 0.2) is 72.8 Å². The fourth-order valence-electron chi connectivity index (χ4n) is 3.13. The molecular formula is C23H17N3O7. The highest BCUT2D eigenvalue weighted by molar-refractivity contribution is 6.24. The largest absolute Gasteiger partial charge is 0.480 e. The SMILES string of the molecule is COc1ccc(N2C(=O)[C@@H](OC(=O)c3ccccc3)[C@H](OC(=O)c3ccccc3)C2=O)nn1. The van der Waals surface area contributed by atoms with E-state index in [4.69, 9.17) is 14.2 Å². The van der Waals surface area contributed by atoms with E-state index in [1.165, 1.54) is 43.5 Å². The van der Waals surface area contributed by atoms with Gasteiger partial charge in [0.15, 0.2) is 5.82 Å². The van der Waals surface area contributed by atoms with Crippen LogP contribution in [0, 0.1) is 0 Å². The van der Waals surface area contributed by atoms with E-state index in [1.54, 1.807) is 36.4 Å². The van der Waals surface area contributed by atoms with E-state index in [-0.39, 0.29) is 22.8 Å². The molecule has 0 unspecified atom stereocenters. The summed E-state index contributed by atoms with van der Waals surface area (Å²) >= 11 is 0. The summed E-state index contributed by atoms with van der Waals surface area (Å²) in [4.78, 5) is 52.1. The Bertz CT molecular complexity index is 1110. The summed E-state index contributed by atoms with van der Waals surface area (Å²) < 4.78 is 15.6. The topological polar surface area (TPSA) is 125 Å². The zero-order chi connectivity index (χ0) is 23.4. The van der Waals surface area contributed by atoms with Crippen LogP contribution in [0.3, 0.4) is 0 Å². The van der Waals surface area contributed by atoms with Gasteiger partial charge in [-0.25, -0.2) is 14.5 Å². The van der Waals surface area contributed by atoms with Crippen molar-refractivity contribution in [3.05, 3.63) is 83.9 Å². The average molecular weight is 447 g/mol. The molecule has 2 aromatic carbocycles. The third kappa shape index (κ3) is 4.40. The van der Waals surface area contributed by atoms with Crippen LogP contribution in [-0.2, 0) is 19.1 Å². The number of hydrogen-bond donors (Lipinski definition) is 0. The summed E-state index contributed by atoms with van der Waals surface area (Å²) in [6.45, 7) is 0. The Balaban J connectivity index is 1.65. The van der Waals surface area contributed by atoms with Gasteiger partial charge in [0.2, 0.25) is 18.1 Å². The maximum absolute atomic E-state index is 13.1. The van der Waals surface area contributed by atoms with Gasteiger partial charge in [-0.1, -0.05) is 36.4 Å². The maximum Gasteiger partial charge on any atom is 0.339 e. The minimum absolute atomic E-state index is 0.134. The highest BCUT2D eigenvalue weighted by atomic mass is 16.6. The van der Waals surface area contributed by atoms with Crippen molar-refractivity contribution in [2.45, 2.75) is 12.2 Å². The van der Waals surface area contributed by atoms with Crippen LogP contribution >= 0.6 is 0 Å². The van der Waals surface area contributed by atoms with Crippen LogP contribution in [0.1, 0.15) is 20.7 Å². The number of esters is 2. The number of nitrogens with zero attached hydrogens (tertiary/aromatic N) is 3. The Morgan fingerprint density at radius 1 is 0.727 bits per heavy atom. The van der Waals surface area contributed by atoms with Crippen LogP contribution < -0.4 is 9.64 Å². The maximum atomic E-state index is 13.1. The number of imide groups is 1. The number of methoxy groups -OCH3 is 1. The summed E-state index contributed by atoms with van der Waals surface area (Å²) in [5, 5.41) is 7.55. The van der Waals surface area contributed by atoms with Gasteiger partial charge in [0.1, 0.15) is 0 Å². The molecule has 2 amide bonds. The van der Waals surface area contributed by atoms with Gasteiger partial charge in [0.25, 0.3) is 11.8 Å². The molecule has 4 rings (SSSR count). The molecule has 3 aromatic rings. The first-order chi connectivity index (χ1) is 16.0. The molecule has 2 heterocycles. The molecule has 0 radical (unpaired) electrons. The molecule has 10 nitrogen and oxygen atoms in total. The van der Waals surface area contributed by atoms with Crippen molar-refractivity contribution in [3.63, 3.8) is 0 Å². The minimum Gasteiger partial charge on any atom is -0.480 e. The Hall–Kier alpha value is -4.60. The van der Waals surface area contributed by atoms with Gasteiger partial charge in [-0.3, -0.25) is 9.59 Å². The van der Waals surface area contributed by atoms with E-state index in [1.807, 2.05) is 0 Å². The van der Waals surface area contributed by atoms with Crippen LogP contribution in [0.5, 0.6) is 5.88 Å². The Labute approximate surface area is 187 Å². The van der Waals surface area contributed by atoms with Crippen molar-refractivity contribution in [2.75, 3.05) is 12.0 Å². The molecule has 0 spiro atoms. The normalized spacial score (nSPS) is 17.5. The van der Waals surface area contributed by atoms with Crippen molar-refractivity contribution in [1.29, 1.82) is 0 Å². The number of ether oxygens (including phenoxy) is 3. The molecule has 1 aromatic heterocycles. The molecule has 0 N–H and O–H groups in total. The second kappa shape index (κ2) is 9.27. The first kappa shape index (κ1) is 21.6. The fraction of sp³-hybridized carbons (Fsp3) is 0.130. The number of hydrogen-bond acceptors (Lipinski definition) is 9. The van der Waals surface area contributed by atoms with Crippen molar-refractivity contribution >= 4 is 29.6 Å². The molecule has 0 aliphatic carbocycles. The standard InChI is InChI=1S/C23H17N3O7/c1-31-17-13-12-16(24-25-17)26-20(27)18(32-22(29)14-8-4-2-5-9-14)19(21(26)28)33-23(30)15-10-6-3-7-11-15/h2-13,18-19H,1H3/t18-,19-/m0/s1. The van der Waals surface area contributed by atoms with Crippen molar-refractivity contribution in [1.82, 2.24) is 10.2 Å². The van der Waals surface area contributed by atoms with E-state index in [0.717, 1.165) is 0 Å². The van der Waals surface area contributed by atoms with Crippen molar-refractivity contribution < 1.29 is 33.4 Å². The summed E-state index contributed by atoms with van der Waals surface area (Å²) in [6.07, 6.45) is -3.41. The predicted molar refractivity (Wildman–Crippen MR) is 112 cm³/mol. The molecule has 1 saturated heterocycles. The number of carbonyl (C=O) groups excluding carboxylic acids is 4. The Morgan fingerprint density at radius 2 is 1.21 bits per heavy atom. The van der Waals surface area contributed by atoms with E-state index in [2.05, 4.69) is 10.2 Å². The number of benzene rings is 2. The van der Waals surface area contributed by atoms with Gasteiger partial charge in [-0.05, 0) is 30.3 Å². The van der Waals surface area contributed by atoms with Gasteiger partial charge in [-0.15, -0.1) is 10.2 Å². The number of aromatic nitrogens is 2. The van der Waals surface area contributed by atoms with E-state index < -0.39 is 36.0 Å². The molecule has 1 aliphatic rings. The zero-order valence-corrected chi connectivity index (χ0v) is 17.3. The fourth-order valence-corrected chi connectivity index (χ4v) is 3.13. The van der Waals surface area contributed by atoms with Gasteiger partial charge in [0, 0.05) is 6.07 Å². The molecule has 0 saturated carbocycles. The number of rotatable bonds is 6. The molecule has 2 atom stereocenters. The van der Waals surface area contributed by atoms with Crippen molar-refractivity contribution in [3.8, 4) is 5.88 Å². The first-order valence-electron chi connectivity index (χ1n) is 9.77. The lowest BCUT2D eigenvalue weighted by Crippen LogP contribution is -2.37. The highest BCUT2D eigenvalue weighted by Gasteiger charge is 2.54. The smallest absolute Gasteiger partial charge is 0.339 e. The predicted octanol–water partition coefficient (Wildman–Crippen LogP) is 1.81. The summed E-state index contributed by atoms with van der Waals surface area (Å²) in [5.41, 5.74) is 0.321. The van der Waals surface area contributed by atoms with Gasteiger partial charge < -0.3 is 14.2 Å². The van der Waals surface area contributed by atoms with E-state index >= 15 is 0 Å². The van der Waals surface area contributed by atoms with Gasteiger partial charge in [0.05, 0.1) is 18.2 Å². The van der Waals surface area contributed by atoms with E-state index in [9.17, 15) is 19.2 Å². The lowest BCUT2D eigenvalue weighted by atomic mass is 10.2. The number of amides is 2. The van der Waals surface area contributed by atoms with Crippen LogP contribution in [0.4, 0.5) is 5.82 Å². The third-order valence-corrected chi connectivity index (χ3v) is 4.75. The van der Waals surface area contributed by atoms with Crippen LogP contribution in [0.2, 0.25) is 0 Å². The summed E-state index contributed by atoms with van der Waals surface area (Å²) in [6, 6.07) is 18.6. The molecule has 166 valence electrons. The Morgan fingerprint density at radius 3 is 1.61 bits per heavy atom. The monoisotopic (exact) mass is 447 g/mol. The van der Waals surface area contributed by atoms with Crippen molar-refractivity contribution in [2.24, 2.45) is 0 Å². The average Bonchev–Trinajstić information content (AvgIpc) is 3.09. The second-order valence-corrected chi connectivity index (χ2v) is 6.83. The quantitative estimate of drug-likeness (QED) is 0.411. The molecule has 33 heavy (non-hydrogen) atoms. The molecular weight excluding hydrogens is 430 g/mol. The van der Waals surface area contributed by atoms with Crippen LogP contribution in [0.25, 0.3) is 0 Å². The highest BCUT2D eigenvalue weighted by Crippen LogP contribution is 2.27. The summed E-state index contributed by atoms with van der Waals surface area (Å²) in [7, 11) is 1.38. The third-order valence-electron chi connectivity index (χ3n) is 4.75. The molecule has 1 aliphatic heterocycles. The molecule has 10 heteroatoms. The van der Waals surface area contributed by atoms with Gasteiger partial charge >= 0.3 is 11.9 Å². The van der Waals surface area contributed by atoms with Gasteiger partial charge in [-0.2, -0.15) is 0 Å². The Kier molecular flexibility index (Phi) is 6.07. The van der Waals surface area contributed by atoms with E-state index in [0.29, 0.717) is 4.90 Å². The molecule has 0 bridgehead atoms. The lowest BCUT2D eigenvalue weighted by Gasteiger charge is -2.16. The second-order valence-electron chi connectivity index (χ2n) is 6.83. The van der Waals surface area contributed by atoms with Crippen LogP contribution in [-0.4, -0.2) is 53.3 Å². The lowest BCUT2D eigenvalue weighted by molar-refractivity contribution is -0.130. The molecule has 1 fully saturated rings. The number of anilines is 1. The zero-order valence-electron chi connectivity index (χ0n) is 17.3. The summed E-state index contributed by atoms with van der Waals surface area (Å²) in [5.74, 6) is -3.53.